The monoisotopic (exact) mass is 363 g/mol. The van der Waals surface area contributed by atoms with Gasteiger partial charge in [0, 0.05) is 11.6 Å². The van der Waals surface area contributed by atoms with E-state index in [1.807, 2.05) is 31.2 Å². The van der Waals surface area contributed by atoms with Gasteiger partial charge in [-0.15, -0.1) is 0 Å². The van der Waals surface area contributed by atoms with Crippen molar-refractivity contribution in [2.75, 3.05) is 13.2 Å². The number of hydrogen-bond donors (Lipinski definition) is 3. The lowest BCUT2D eigenvalue weighted by Crippen LogP contribution is -2.39. The molecular weight excluding hydrogens is 338 g/mol. The van der Waals surface area contributed by atoms with E-state index in [2.05, 4.69) is 0 Å². The lowest BCUT2D eigenvalue weighted by molar-refractivity contribution is 0.0127. The van der Waals surface area contributed by atoms with Gasteiger partial charge in [0.1, 0.15) is 11.5 Å². The van der Waals surface area contributed by atoms with Crippen LogP contribution in [-0.2, 0) is 12.1 Å². The molecule has 0 bridgehead atoms. The molecular formula is C20H26ClNO3. The third-order valence-electron chi connectivity index (χ3n) is 4.07. The molecule has 2 unspecified atom stereocenters. The first-order valence-corrected chi connectivity index (χ1v) is 8.88. The molecule has 0 spiro atoms. The molecule has 136 valence electrons. The van der Waals surface area contributed by atoms with E-state index in [-0.39, 0.29) is 12.5 Å². The predicted molar refractivity (Wildman–Crippen MR) is 101 cm³/mol. The number of halogens is 1. The minimum Gasteiger partial charge on any atom is -0.493 e. The number of rotatable bonds is 9. The maximum absolute atomic E-state index is 10.5. The van der Waals surface area contributed by atoms with Crippen LogP contribution in [0.25, 0.3) is 0 Å². The van der Waals surface area contributed by atoms with Crippen LogP contribution in [0, 0.1) is 5.92 Å². The average molecular weight is 364 g/mol. The normalized spacial score (nSPS) is 14.8. The van der Waals surface area contributed by atoms with Gasteiger partial charge in [-0.2, -0.15) is 0 Å². The summed E-state index contributed by atoms with van der Waals surface area (Å²) in [6, 6.07) is 14.8. The number of aryl methyl sites for hydroxylation is 1. The van der Waals surface area contributed by atoms with Crippen LogP contribution < -0.4 is 10.5 Å². The van der Waals surface area contributed by atoms with E-state index in [4.69, 9.17) is 27.2 Å². The first-order chi connectivity index (χ1) is 11.9. The van der Waals surface area contributed by atoms with E-state index >= 15 is 0 Å². The molecule has 2 atom stereocenters. The zero-order chi connectivity index (χ0) is 18.3. The first kappa shape index (κ1) is 19.7. The number of ether oxygens (including phenoxy) is 1. The van der Waals surface area contributed by atoms with Crippen LogP contribution >= 0.6 is 11.6 Å². The van der Waals surface area contributed by atoms with Crippen molar-refractivity contribution in [2.24, 2.45) is 11.7 Å². The quantitative estimate of drug-likeness (QED) is 0.596. The minimum atomic E-state index is -1.44. The van der Waals surface area contributed by atoms with Gasteiger partial charge in [-0.05, 0) is 60.6 Å². The van der Waals surface area contributed by atoms with Crippen molar-refractivity contribution >= 4 is 11.6 Å². The second kappa shape index (κ2) is 9.20. The molecule has 0 aliphatic rings. The van der Waals surface area contributed by atoms with Crippen molar-refractivity contribution in [1.29, 1.82) is 0 Å². The molecule has 0 aromatic heterocycles. The van der Waals surface area contributed by atoms with E-state index in [1.165, 1.54) is 5.56 Å². The van der Waals surface area contributed by atoms with Gasteiger partial charge in [0.15, 0.2) is 0 Å². The summed E-state index contributed by atoms with van der Waals surface area (Å²) in [4.78, 5) is 0. The van der Waals surface area contributed by atoms with Crippen molar-refractivity contribution in [2.45, 2.75) is 31.9 Å². The second-order valence-electron chi connectivity index (χ2n) is 6.53. The summed E-state index contributed by atoms with van der Waals surface area (Å²) in [7, 11) is 0. The molecule has 0 aliphatic carbocycles. The summed E-state index contributed by atoms with van der Waals surface area (Å²) in [6.07, 6.45) is 1.98. The Morgan fingerprint density at radius 3 is 2.56 bits per heavy atom. The molecule has 2 rings (SSSR count). The van der Waals surface area contributed by atoms with Crippen molar-refractivity contribution < 1.29 is 14.9 Å². The maximum Gasteiger partial charge on any atom is 0.140 e. The standard InChI is InChI=1S/C20H26ClNO3/c1-15(13-20(22,24)17-5-2-6-18(21)12-17)14-25-19-9-7-16(8-10-19)4-3-11-23/h2,5-10,12,15,23-24H,3-4,11,13-14,22H2,1H3. The van der Waals surface area contributed by atoms with Gasteiger partial charge in [-0.1, -0.05) is 42.8 Å². The van der Waals surface area contributed by atoms with Crippen molar-refractivity contribution in [3.05, 3.63) is 64.7 Å². The van der Waals surface area contributed by atoms with E-state index in [1.54, 1.807) is 24.3 Å². The van der Waals surface area contributed by atoms with Gasteiger partial charge >= 0.3 is 0 Å². The maximum atomic E-state index is 10.5. The van der Waals surface area contributed by atoms with Gasteiger partial charge in [-0.25, -0.2) is 0 Å². The molecule has 5 heteroatoms. The van der Waals surface area contributed by atoms with Crippen LogP contribution in [0.15, 0.2) is 48.5 Å². The highest BCUT2D eigenvalue weighted by atomic mass is 35.5. The molecule has 0 radical (unpaired) electrons. The zero-order valence-corrected chi connectivity index (χ0v) is 15.2. The summed E-state index contributed by atoms with van der Waals surface area (Å²) in [5.74, 6) is 0.839. The van der Waals surface area contributed by atoms with Crippen LogP contribution in [0.1, 0.15) is 30.9 Å². The van der Waals surface area contributed by atoms with Crippen LogP contribution in [-0.4, -0.2) is 23.4 Å². The van der Waals surface area contributed by atoms with E-state index in [0.717, 1.165) is 18.6 Å². The van der Waals surface area contributed by atoms with Crippen LogP contribution in [0.5, 0.6) is 5.75 Å². The Hall–Kier alpha value is -1.59. The highest BCUT2D eigenvalue weighted by Crippen LogP contribution is 2.26. The Bertz CT molecular complexity index is 658. The number of nitrogens with two attached hydrogens (primary N) is 1. The number of hydrogen-bond acceptors (Lipinski definition) is 4. The van der Waals surface area contributed by atoms with Crippen molar-refractivity contribution in [3.8, 4) is 5.75 Å². The lowest BCUT2D eigenvalue weighted by Gasteiger charge is -2.27. The molecule has 4 nitrogen and oxygen atoms in total. The number of aliphatic hydroxyl groups excluding tert-OH is 1. The Morgan fingerprint density at radius 1 is 1.20 bits per heavy atom. The van der Waals surface area contributed by atoms with Gasteiger partial charge in [0.05, 0.1) is 6.61 Å². The molecule has 0 aliphatic heterocycles. The van der Waals surface area contributed by atoms with E-state index < -0.39 is 5.72 Å². The van der Waals surface area contributed by atoms with E-state index in [0.29, 0.717) is 23.6 Å². The van der Waals surface area contributed by atoms with Crippen LogP contribution in [0.3, 0.4) is 0 Å². The number of benzene rings is 2. The third kappa shape index (κ3) is 6.33. The predicted octanol–water partition coefficient (Wildman–Crippen LogP) is 3.47. The fourth-order valence-corrected chi connectivity index (χ4v) is 2.93. The molecule has 2 aromatic carbocycles. The molecule has 0 saturated carbocycles. The molecule has 25 heavy (non-hydrogen) atoms. The molecule has 0 fully saturated rings. The summed E-state index contributed by atoms with van der Waals surface area (Å²) in [6.45, 7) is 2.64. The Morgan fingerprint density at radius 2 is 1.92 bits per heavy atom. The Labute approximate surface area is 154 Å². The smallest absolute Gasteiger partial charge is 0.140 e. The Kier molecular flexibility index (Phi) is 7.26. The molecule has 2 aromatic rings. The lowest BCUT2D eigenvalue weighted by atomic mass is 9.93. The zero-order valence-electron chi connectivity index (χ0n) is 14.5. The van der Waals surface area contributed by atoms with Gasteiger partial charge in [-0.3, -0.25) is 5.73 Å². The summed E-state index contributed by atoms with van der Waals surface area (Å²) in [5, 5.41) is 19.9. The highest BCUT2D eigenvalue weighted by molar-refractivity contribution is 6.30. The fraction of sp³-hybridized carbons (Fsp3) is 0.400. The van der Waals surface area contributed by atoms with Crippen molar-refractivity contribution in [3.63, 3.8) is 0 Å². The van der Waals surface area contributed by atoms with Crippen LogP contribution in [0.4, 0.5) is 0 Å². The van der Waals surface area contributed by atoms with Crippen molar-refractivity contribution in [1.82, 2.24) is 0 Å². The average Bonchev–Trinajstić information content (AvgIpc) is 2.59. The van der Waals surface area contributed by atoms with Crippen LogP contribution in [0.2, 0.25) is 5.02 Å². The largest absolute Gasteiger partial charge is 0.493 e. The number of aliphatic hydroxyl groups is 2. The minimum absolute atomic E-state index is 0.0584. The van der Waals surface area contributed by atoms with Gasteiger partial charge in [0.2, 0.25) is 0 Å². The topological polar surface area (TPSA) is 75.7 Å². The SMILES string of the molecule is CC(COc1ccc(CCCO)cc1)CC(N)(O)c1cccc(Cl)c1. The Balaban J connectivity index is 1.86. The summed E-state index contributed by atoms with van der Waals surface area (Å²) in [5.41, 5.74) is 6.39. The second-order valence-corrected chi connectivity index (χ2v) is 6.96. The molecule has 0 heterocycles. The first-order valence-electron chi connectivity index (χ1n) is 8.50. The van der Waals surface area contributed by atoms with Gasteiger partial charge < -0.3 is 14.9 Å². The highest BCUT2D eigenvalue weighted by Gasteiger charge is 2.26. The fourth-order valence-electron chi connectivity index (χ4n) is 2.74. The summed E-state index contributed by atoms with van der Waals surface area (Å²) < 4.78 is 5.79. The molecule has 0 amide bonds. The third-order valence-corrected chi connectivity index (χ3v) is 4.30. The summed E-state index contributed by atoms with van der Waals surface area (Å²) >= 11 is 5.97. The molecule has 4 N–H and O–H groups in total. The molecule has 0 saturated heterocycles. The van der Waals surface area contributed by atoms with Gasteiger partial charge in [0.25, 0.3) is 0 Å². The van der Waals surface area contributed by atoms with E-state index in [9.17, 15) is 5.11 Å².